The van der Waals surface area contributed by atoms with Crippen LogP contribution in [0.15, 0.2) is 29.3 Å². The third kappa shape index (κ3) is 7.03. The average Bonchev–Trinajstić information content (AvgIpc) is 3.30. The molecule has 1 aliphatic rings. The number of benzene rings is 1. The summed E-state index contributed by atoms with van der Waals surface area (Å²) in [6.45, 7) is 5.19. The third-order valence-electron chi connectivity index (χ3n) is 4.17. The molecule has 1 aromatic carbocycles. The van der Waals surface area contributed by atoms with E-state index in [4.69, 9.17) is 4.74 Å². The zero-order valence-corrected chi connectivity index (χ0v) is 16.2. The van der Waals surface area contributed by atoms with E-state index in [2.05, 4.69) is 15.6 Å². The fourth-order valence-electron chi connectivity index (χ4n) is 2.40. The number of rotatable bonds is 8. The molecule has 0 unspecified atom stereocenters. The predicted molar refractivity (Wildman–Crippen MR) is 103 cm³/mol. The van der Waals surface area contributed by atoms with E-state index in [0.717, 1.165) is 37.7 Å². The van der Waals surface area contributed by atoms with E-state index in [1.165, 1.54) is 25.0 Å². The highest BCUT2D eigenvalue weighted by Crippen LogP contribution is 2.48. The standard InChI is InChI=1S/C17H26FN3O.HI/c1-3-22-11-10-17(8-9-17)13-21-16(19-2)20-12-14-4-6-15(18)7-5-14;/h4-7H,3,8-13H2,1-2H3,(H2,19,20,21);1H. The summed E-state index contributed by atoms with van der Waals surface area (Å²) in [5, 5.41) is 6.65. The van der Waals surface area contributed by atoms with Crippen LogP contribution in [0.3, 0.4) is 0 Å². The predicted octanol–water partition coefficient (Wildman–Crippen LogP) is 3.32. The molecule has 1 aromatic rings. The first-order valence-electron chi connectivity index (χ1n) is 7.94. The van der Waals surface area contributed by atoms with Crippen molar-refractivity contribution in [3.05, 3.63) is 35.6 Å². The second kappa shape index (κ2) is 10.1. The lowest BCUT2D eigenvalue weighted by atomic mass is 10.0. The van der Waals surface area contributed by atoms with Crippen LogP contribution in [-0.2, 0) is 11.3 Å². The summed E-state index contributed by atoms with van der Waals surface area (Å²) in [6, 6.07) is 6.50. The molecule has 0 aliphatic heterocycles. The molecule has 0 bridgehead atoms. The van der Waals surface area contributed by atoms with Crippen LogP contribution in [0.5, 0.6) is 0 Å². The molecule has 0 amide bonds. The van der Waals surface area contributed by atoms with Gasteiger partial charge in [0.25, 0.3) is 0 Å². The summed E-state index contributed by atoms with van der Waals surface area (Å²) in [5.41, 5.74) is 1.41. The maximum Gasteiger partial charge on any atom is 0.191 e. The second-order valence-corrected chi connectivity index (χ2v) is 5.85. The van der Waals surface area contributed by atoms with Crippen molar-refractivity contribution in [2.75, 3.05) is 26.8 Å². The monoisotopic (exact) mass is 435 g/mol. The molecule has 0 heterocycles. The maximum absolute atomic E-state index is 12.9. The lowest BCUT2D eigenvalue weighted by molar-refractivity contribution is 0.128. The summed E-state index contributed by atoms with van der Waals surface area (Å²) in [5.74, 6) is 0.572. The van der Waals surface area contributed by atoms with E-state index in [9.17, 15) is 4.39 Å². The number of ether oxygens (including phenoxy) is 1. The minimum atomic E-state index is -0.212. The van der Waals surface area contributed by atoms with Crippen molar-refractivity contribution in [2.24, 2.45) is 10.4 Å². The fourth-order valence-corrected chi connectivity index (χ4v) is 2.40. The van der Waals surface area contributed by atoms with Gasteiger partial charge in [0.15, 0.2) is 5.96 Å². The number of hydrogen-bond donors (Lipinski definition) is 2. The van der Waals surface area contributed by atoms with Crippen LogP contribution in [0.25, 0.3) is 0 Å². The minimum Gasteiger partial charge on any atom is -0.382 e. The second-order valence-electron chi connectivity index (χ2n) is 5.85. The average molecular weight is 435 g/mol. The van der Waals surface area contributed by atoms with Gasteiger partial charge in [0.2, 0.25) is 0 Å². The molecular weight excluding hydrogens is 408 g/mol. The van der Waals surface area contributed by atoms with Crippen LogP contribution in [-0.4, -0.2) is 32.8 Å². The van der Waals surface area contributed by atoms with E-state index in [-0.39, 0.29) is 29.8 Å². The van der Waals surface area contributed by atoms with Gasteiger partial charge in [-0.3, -0.25) is 4.99 Å². The lowest BCUT2D eigenvalue weighted by Crippen LogP contribution is -2.40. The first kappa shape index (κ1) is 20.2. The number of halogens is 2. The normalized spacial score (nSPS) is 15.7. The Bertz CT molecular complexity index is 489. The van der Waals surface area contributed by atoms with Gasteiger partial charge in [-0.15, -0.1) is 24.0 Å². The zero-order valence-electron chi connectivity index (χ0n) is 13.9. The van der Waals surface area contributed by atoms with Crippen molar-refractivity contribution in [3.8, 4) is 0 Å². The summed E-state index contributed by atoms with van der Waals surface area (Å²) in [6.07, 6.45) is 3.60. The van der Waals surface area contributed by atoms with Crippen molar-refractivity contribution in [1.82, 2.24) is 10.6 Å². The van der Waals surface area contributed by atoms with Crippen LogP contribution in [0.1, 0.15) is 31.7 Å². The van der Waals surface area contributed by atoms with Gasteiger partial charge in [0.05, 0.1) is 0 Å². The third-order valence-corrected chi connectivity index (χ3v) is 4.17. The quantitative estimate of drug-likeness (QED) is 0.285. The van der Waals surface area contributed by atoms with E-state index in [0.29, 0.717) is 12.0 Å². The van der Waals surface area contributed by atoms with Crippen molar-refractivity contribution in [2.45, 2.75) is 32.7 Å². The Morgan fingerprint density at radius 2 is 1.96 bits per heavy atom. The number of nitrogens with one attached hydrogen (secondary N) is 2. The van der Waals surface area contributed by atoms with Crippen molar-refractivity contribution in [1.29, 1.82) is 0 Å². The first-order valence-corrected chi connectivity index (χ1v) is 7.94. The topological polar surface area (TPSA) is 45.6 Å². The number of hydrogen-bond acceptors (Lipinski definition) is 2. The Morgan fingerprint density at radius 3 is 2.52 bits per heavy atom. The molecule has 130 valence electrons. The number of guanidine groups is 1. The molecule has 2 rings (SSSR count). The summed E-state index contributed by atoms with van der Waals surface area (Å²) in [4.78, 5) is 4.24. The summed E-state index contributed by atoms with van der Waals surface area (Å²) in [7, 11) is 1.76. The lowest BCUT2D eigenvalue weighted by Gasteiger charge is -2.18. The summed E-state index contributed by atoms with van der Waals surface area (Å²) < 4.78 is 18.3. The van der Waals surface area contributed by atoms with Gasteiger partial charge in [-0.25, -0.2) is 4.39 Å². The van der Waals surface area contributed by atoms with Gasteiger partial charge in [0.1, 0.15) is 5.82 Å². The van der Waals surface area contributed by atoms with Crippen molar-refractivity contribution in [3.63, 3.8) is 0 Å². The van der Waals surface area contributed by atoms with Gasteiger partial charge < -0.3 is 15.4 Å². The molecule has 2 N–H and O–H groups in total. The Kier molecular flexibility index (Phi) is 8.83. The molecule has 23 heavy (non-hydrogen) atoms. The van der Waals surface area contributed by atoms with Crippen LogP contribution >= 0.6 is 24.0 Å². The highest BCUT2D eigenvalue weighted by atomic mass is 127. The molecule has 1 saturated carbocycles. The molecule has 1 fully saturated rings. The molecule has 0 radical (unpaired) electrons. The van der Waals surface area contributed by atoms with E-state index in [1.807, 2.05) is 6.92 Å². The molecule has 0 aromatic heterocycles. The fraction of sp³-hybridized carbons (Fsp3) is 0.588. The molecule has 0 atom stereocenters. The molecule has 6 heteroatoms. The van der Waals surface area contributed by atoms with Gasteiger partial charge >= 0.3 is 0 Å². The molecule has 1 aliphatic carbocycles. The molecule has 0 spiro atoms. The number of aliphatic imine (C=N–C) groups is 1. The Morgan fingerprint density at radius 1 is 1.26 bits per heavy atom. The van der Waals surface area contributed by atoms with Crippen molar-refractivity contribution < 1.29 is 9.13 Å². The van der Waals surface area contributed by atoms with Crippen molar-refractivity contribution >= 4 is 29.9 Å². The Hall–Kier alpha value is -0.890. The van der Waals surface area contributed by atoms with E-state index >= 15 is 0 Å². The zero-order chi connectivity index (χ0) is 15.8. The minimum absolute atomic E-state index is 0. The van der Waals surface area contributed by atoms with Gasteiger partial charge in [0, 0.05) is 33.4 Å². The maximum atomic E-state index is 12.9. The smallest absolute Gasteiger partial charge is 0.191 e. The largest absolute Gasteiger partial charge is 0.382 e. The van der Waals surface area contributed by atoms with Crippen LogP contribution in [0, 0.1) is 11.2 Å². The molecule has 0 saturated heterocycles. The number of nitrogens with zero attached hydrogens (tertiary/aromatic N) is 1. The molecule has 4 nitrogen and oxygen atoms in total. The van der Waals surface area contributed by atoms with E-state index < -0.39 is 0 Å². The summed E-state index contributed by atoms with van der Waals surface area (Å²) >= 11 is 0. The highest BCUT2D eigenvalue weighted by molar-refractivity contribution is 14.0. The van der Waals surface area contributed by atoms with Crippen LogP contribution in [0.4, 0.5) is 4.39 Å². The van der Waals surface area contributed by atoms with Gasteiger partial charge in [-0.2, -0.15) is 0 Å². The molecular formula is C17H27FIN3O. The van der Waals surface area contributed by atoms with E-state index in [1.54, 1.807) is 19.2 Å². The Labute approximate surface area is 155 Å². The van der Waals surface area contributed by atoms with Crippen LogP contribution in [0.2, 0.25) is 0 Å². The highest BCUT2D eigenvalue weighted by Gasteiger charge is 2.41. The Balaban J connectivity index is 0.00000264. The first-order chi connectivity index (χ1) is 10.7. The SMILES string of the molecule is CCOCCC1(CNC(=NC)NCc2ccc(F)cc2)CC1.I. The van der Waals surface area contributed by atoms with Gasteiger partial charge in [-0.1, -0.05) is 12.1 Å². The van der Waals surface area contributed by atoms with Gasteiger partial charge in [-0.05, 0) is 49.3 Å². The van der Waals surface area contributed by atoms with Crippen LogP contribution < -0.4 is 10.6 Å².